The molecule has 1 aliphatic rings. The van der Waals surface area contributed by atoms with Crippen molar-refractivity contribution in [3.63, 3.8) is 0 Å². The molecule has 0 spiro atoms. The molecule has 1 saturated heterocycles. The van der Waals surface area contributed by atoms with Crippen LogP contribution in [0.5, 0.6) is 0 Å². The number of aliphatic hydroxyl groups is 2. The van der Waals surface area contributed by atoms with Crippen LogP contribution in [-0.2, 0) is 24.0 Å². The number of carbonyl (C=O) groups is 1. The number of imidazole rings is 1. The molecule has 3 heterocycles. The average Bonchev–Trinajstić information content (AvgIpc) is 3.21. The number of ether oxygens (including phenoxy) is 1. The lowest BCUT2D eigenvalue weighted by Gasteiger charge is -2.22. The molecule has 0 unspecified atom stereocenters. The zero-order valence-electron chi connectivity index (χ0n) is 17.2. The Morgan fingerprint density at radius 1 is 1.35 bits per heavy atom. The maximum Gasteiger partial charge on any atom is 0.362 e. The van der Waals surface area contributed by atoms with Gasteiger partial charge in [-0.15, -0.1) is 0 Å². The van der Waals surface area contributed by atoms with Crippen molar-refractivity contribution in [2.24, 2.45) is 5.41 Å². The lowest BCUT2D eigenvalue weighted by molar-refractivity contribution is -0.425. The third-order valence-electron chi connectivity index (χ3n) is 4.97. The van der Waals surface area contributed by atoms with Gasteiger partial charge in [-0.2, -0.15) is 8.42 Å². The second-order valence-electron chi connectivity index (χ2n) is 8.25. The Hall–Kier alpha value is -2.43. The van der Waals surface area contributed by atoms with E-state index in [1.54, 1.807) is 25.5 Å². The summed E-state index contributed by atoms with van der Waals surface area (Å²) in [6.45, 7) is 4.55. The van der Waals surface area contributed by atoms with E-state index in [0.717, 1.165) is 0 Å². The maximum atomic E-state index is 12.1. The number of carbonyl (C=O) groups excluding carboxylic acids is 1. The van der Waals surface area contributed by atoms with Gasteiger partial charge in [-0.3, -0.25) is 13.5 Å². The molecule has 1 aliphatic heterocycles. The van der Waals surface area contributed by atoms with Crippen molar-refractivity contribution in [1.82, 2.24) is 24.2 Å². The van der Waals surface area contributed by atoms with Gasteiger partial charge in [0.25, 0.3) is 5.91 Å². The lowest BCUT2D eigenvalue weighted by Crippen LogP contribution is -2.72. The van der Waals surface area contributed by atoms with Crippen LogP contribution in [0.15, 0.2) is 12.7 Å². The summed E-state index contributed by atoms with van der Waals surface area (Å²) < 4.78 is 37.7. The SMILES string of the molecule is CC(C)(C)[C@@H]([NH3+])C(=O)NS(=O)(=O)OC[C@H]1O[C@@H](n2cnc3c(N)ncnc32)[C@H](O)[C@@H]1O. The van der Waals surface area contributed by atoms with Gasteiger partial charge >= 0.3 is 10.3 Å². The number of nitrogens with one attached hydrogen (secondary N) is 1. The molecule has 2 aromatic heterocycles. The minimum atomic E-state index is -4.49. The van der Waals surface area contributed by atoms with E-state index in [-0.39, 0.29) is 17.0 Å². The Kier molecular flexibility index (Phi) is 6.18. The molecule has 172 valence electrons. The van der Waals surface area contributed by atoms with Crippen molar-refractivity contribution in [3.05, 3.63) is 12.7 Å². The molecule has 3 rings (SSSR count). The highest BCUT2D eigenvalue weighted by molar-refractivity contribution is 7.85. The van der Waals surface area contributed by atoms with Crippen LogP contribution in [0, 0.1) is 5.41 Å². The highest BCUT2D eigenvalue weighted by atomic mass is 32.2. The van der Waals surface area contributed by atoms with Crippen LogP contribution in [0.3, 0.4) is 0 Å². The number of nitrogen functional groups attached to an aromatic ring is 1. The third kappa shape index (κ3) is 4.76. The van der Waals surface area contributed by atoms with E-state index in [0.29, 0.717) is 0 Å². The summed E-state index contributed by atoms with van der Waals surface area (Å²) in [6, 6.07) is -0.852. The Labute approximate surface area is 177 Å². The molecule has 0 aliphatic carbocycles. The summed E-state index contributed by atoms with van der Waals surface area (Å²) in [7, 11) is -4.49. The Balaban J connectivity index is 1.68. The molecule has 0 saturated carbocycles. The quantitative estimate of drug-likeness (QED) is 0.293. The Morgan fingerprint density at radius 3 is 2.68 bits per heavy atom. The number of rotatable bonds is 6. The first-order valence-corrected chi connectivity index (χ1v) is 10.7. The van der Waals surface area contributed by atoms with Gasteiger partial charge in [-0.1, -0.05) is 20.8 Å². The number of anilines is 1. The smallest absolute Gasteiger partial charge is 0.362 e. The summed E-state index contributed by atoms with van der Waals surface area (Å²) in [5, 5.41) is 20.7. The highest BCUT2D eigenvalue weighted by Gasteiger charge is 2.45. The number of nitrogens with zero attached hydrogens (tertiary/aromatic N) is 4. The number of aliphatic hydroxyl groups excluding tert-OH is 2. The van der Waals surface area contributed by atoms with E-state index in [1.165, 1.54) is 17.2 Å². The monoisotopic (exact) mass is 460 g/mol. The minimum Gasteiger partial charge on any atom is -0.387 e. The number of hydrogen-bond donors (Lipinski definition) is 5. The second kappa shape index (κ2) is 8.25. The lowest BCUT2D eigenvalue weighted by atomic mass is 9.87. The Bertz CT molecular complexity index is 1070. The summed E-state index contributed by atoms with van der Waals surface area (Å²) in [6.07, 6.45) is -2.77. The number of hydrogen-bond acceptors (Lipinski definition) is 11. The molecule has 1 fully saturated rings. The van der Waals surface area contributed by atoms with Crippen molar-refractivity contribution < 1.29 is 38.1 Å². The van der Waals surface area contributed by atoms with Crippen molar-refractivity contribution in [3.8, 4) is 0 Å². The van der Waals surface area contributed by atoms with Crippen molar-refractivity contribution in [1.29, 1.82) is 0 Å². The van der Waals surface area contributed by atoms with Crippen molar-refractivity contribution in [2.45, 2.75) is 51.4 Å². The van der Waals surface area contributed by atoms with E-state index in [9.17, 15) is 23.4 Å². The average molecular weight is 460 g/mol. The fourth-order valence-electron chi connectivity index (χ4n) is 2.93. The molecule has 2 aromatic rings. The van der Waals surface area contributed by atoms with Crippen LogP contribution in [0.4, 0.5) is 5.82 Å². The first kappa shape index (κ1) is 23.2. The summed E-state index contributed by atoms with van der Waals surface area (Å²) >= 11 is 0. The highest BCUT2D eigenvalue weighted by Crippen LogP contribution is 2.32. The zero-order chi connectivity index (χ0) is 23.1. The zero-order valence-corrected chi connectivity index (χ0v) is 18.0. The van der Waals surface area contributed by atoms with Gasteiger partial charge in [0, 0.05) is 5.41 Å². The molecule has 8 N–H and O–H groups in total. The summed E-state index contributed by atoms with van der Waals surface area (Å²) in [5.41, 5.74) is 9.37. The van der Waals surface area contributed by atoms with Gasteiger partial charge in [0.2, 0.25) is 0 Å². The predicted molar refractivity (Wildman–Crippen MR) is 105 cm³/mol. The van der Waals surface area contributed by atoms with E-state index >= 15 is 0 Å². The summed E-state index contributed by atoms with van der Waals surface area (Å²) in [5.74, 6) is -0.710. The van der Waals surface area contributed by atoms with E-state index in [2.05, 4.69) is 20.7 Å². The van der Waals surface area contributed by atoms with E-state index in [4.69, 9.17) is 14.7 Å². The fourth-order valence-corrected chi connectivity index (χ4v) is 3.69. The van der Waals surface area contributed by atoms with Gasteiger partial charge in [0.15, 0.2) is 23.7 Å². The van der Waals surface area contributed by atoms with Crippen LogP contribution in [0.2, 0.25) is 0 Å². The molecule has 0 radical (unpaired) electrons. The maximum absolute atomic E-state index is 12.1. The fraction of sp³-hybridized carbons (Fsp3) is 0.625. The first-order valence-electron chi connectivity index (χ1n) is 9.30. The van der Waals surface area contributed by atoms with Gasteiger partial charge < -0.3 is 26.4 Å². The number of amides is 1. The number of quaternary nitrogens is 1. The largest absolute Gasteiger partial charge is 0.387 e. The molecule has 31 heavy (non-hydrogen) atoms. The van der Waals surface area contributed by atoms with Crippen molar-refractivity contribution in [2.75, 3.05) is 12.3 Å². The minimum absolute atomic E-state index is 0.123. The molecule has 1 amide bonds. The molecule has 0 aromatic carbocycles. The Morgan fingerprint density at radius 2 is 2.03 bits per heavy atom. The normalized spacial score (nSPS) is 25.6. The van der Waals surface area contributed by atoms with Crippen LogP contribution >= 0.6 is 0 Å². The molecule has 14 nitrogen and oxygen atoms in total. The second-order valence-corrected chi connectivity index (χ2v) is 9.60. The standard InChI is InChI=1S/C16H25N7O7S/c1-16(2,3)11(17)14(26)22-31(27,28)29-4-7-9(24)10(25)15(30-7)23-6-21-8-12(18)19-5-20-13(8)23/h5-7,9-11,15,24-25H,4,17H2,1-3H3,(H,22,26)(H2,18,19,20)/p+1/t7-,9-,10-,11+,15-/m1/s1. The van der Waals surface area contributed by atoms with E-state index in [1.807, 2.05) is 0 Å². The third-order valence-corrected chi connectivity index (χ3v) is 5.87. The molecule has 5 atom stereocenters. The first-order chi connectivity index (χ1) is 14.3. The van der Waals surface area contributed by atoms with Crippen LogP contribution in [0.1, 0.15) is 27.0 Å². The number of aromatic nitrogens is 4. The molecular weight excluding hydrogens is 434 g/mol. The topological polar surface area (TPSA) is 219 Å². The van der Waals surface area contributed by atoms with E-state index < -0.39 is 58.8 Å². The van der Waals surface area contributed by atoms with Crippen LogP contribution < -0.4 is 16.2 Å². The van der Waals surface area contributed by atoms with Gasteiger partial charge in [0.1, 0.15) is 30.2 Å². The van der Waals surface area contributed by atoms with Gasteiger partial charge in [0.05, 0.1) is 12.9 Å². The van der Waals surface area contributed by atoms with Crippen LogP contribution in [0.25, 0.3) is 11.2 Å². The molecule has 15 heteroatoms. The van der Waals surface area contributed by atoms with Crippen molar-refractivity contribution >= 4 is 33.2 Å². The van der Waals surface area contributed by atoms with Crippen LogP contribution in [-0.4, -0.2) is 75.0 Å². The predicted octanol–water partition coefficient (Wildman–Crippen LogP) is -2.94. The summed E-state index contributed by atoms with van der Waals surface area (Å²) in [4.78, 5) is 24.0. The molecular formula is C16H26N7O7S+. The molecule has 0 bridgehead atoms. The number of nitrogens with two attached hydrogens (primary N) is 1. The van der Waals surface area contributed by atoms with Gasteiger partial charge in [-0.05, 0) is 0 Å². The number of fused-ring (bicyclic) bond motifs is 1. The van der Waals surface area contributed by atoms with Gasteiger partial charge in [-0.25, -0.2) is 19.7 Å².